The molecule has 86 valence electrons. The molecule has 4 nitrogen and oxygen atoms in total. The molecule has 2 rings (SSSR count). The molecule has 1 unspecified atom stereocenters. The zero-order valence-corrected chi connectivity index (χ0v) is 9.36. The van der Waals surface area contributed by atoms with Gasteiger partial charge >= 0.3 is 0 Å². The Hall–Kier alpha value is -1.52. The average molecular weight is 221 g/mol. The number of benzene rings is 1. The molecular formula is C12H15NO3. The number of furan rings is 1. The third kappa shape index (κ3) is 1.66. The van der Waals surface area contributed by atoms with Gasteiger partial charge in [0.2, 0.25) is 0 Å². The number of nitrogens with two attached hydrogens (primary N) is 1. The third-order valence-electron chi connectivity index (χ3n) is 2.58. The van der Waals surface area contributed by atoms with Crippen molar-refractivity contribution in [3.8, 4) is 5.75 Å². The minimum absolute atomic E-state index is 0.154. The highest BCUT2D eigenvalue weighted by Gasteiger charge is 2.17. The van der Waals surface area contributed by atoms with Crippen molar-refractivity contribution in [2.24, 2.45) is 5.73 Å². The fourth-order valence-electron chi connectivity index (χ4n) is 1.82. The molecule has 3 N–H and O–H groups in total. The number of aliphatic hydroxyl groups excluding tert-OH is 1. The van der Waals surface area contributed by atoms with Crippen molar-refractivity contribution in [3.63, 3.8) is 0 Å². The molecule has 1 aromatic heterocycles. The van der Waals surface area contributed by atoms with Gasteiger partial charge in [-0.15, -0.1) is 0 Å². The number of aryl methyl sites for hydroxylation is 1. The average Bonchev–Trinajstić information content (AvgIpc) is 2.66. The first kappa shape index (κ1) is 11.0. The topological polar surface area (TPSA) is 68.6 Å². The second-order valence-electron chi connectivity index (χ2n) is 3.71. The molecule has 1 heterocycles. The van der Waals surface area contributed by atoms with E-state index in [2.05, 4.69) is 0 Å². The SMILES string of the molecule is COc1c(C(O)CN)ccc2cc(C)oc12. The van der Waals surface area contributed by atoms with E-state index in [9.17, 15) is 5.11 Å². The molecule has 0 fully saturated rings. The maximum absolute atomic E-state index is 9.76. The summed E-state index contributed by atoms with van der Waals surface area (Å²) in [6, 6.07) is 5.63. The molecule has 0 aliphatic heterocycles. The number of hydrogen-bond donors (Lipinski definition) is 2. The van der Waals surface area contributed by atoms with E-state index in [1.807, 2.05) is 25.1 Å². The first-order valence-electron chi connectivity index (χ1n) is 5.12. The lowest BCUT2D eigenvalue weighted by Crippen LogP contribution is -2.12. The molecule has 0 aliphatic rings. The Kier molecular flexibility index (Phi) is 2.85. The summed E-state index contributed by atoms with van der Waals surface area (Å²) >= 11 is 0. The van der Waals surface area contributed by atoms with Crippen molar-refractivity contribution in [2.45, 2.75) is 13.0 Å². The predicted molar refractivity (Wildman–Crippen MR) is 61.5 cm³/mol. The predicted octanol–water partition coefficient (Wildman–Crippen LogP) is 1.74. The normalized spacial score (nSPS) is 13.0. The Morgan fingerprint density at radius 3 is 2.88 bits per heavy atom. The van der Waals surface area contributed by atoms with Crippen LogP contribution in [0, 0.1) is 6.92 Å². The molecule has 0 radical (unpaired) electrons. The third-order valence-corrected chi connectivity index (χ3v) is 2.58. The van der Waals surface area contributed by atoms with E-state index < -0.39 is 6.10 Å². The number of methoxy groups -OCH3 is 1. The Balaban J connectivity index is 2.66. The highest BCUT2D eigenvalue weighted by atomic mass is 16.5. The van der Waals surface area contributed by atoms with Crippen LogP contribution in [0.4, 0.5) is 0 Å². The van der Waals surface area contributed by atoms with E-state index in [0.717, 1.165) is 11.1 Å². The van der Waals surface area contributed by atoms with E-state index in [1.165, 1.54) is 0 Å². The number of aliphatic hydroxyl groups is 1. The number of hydrogen-bond acceptors (Lipinski definition) is 4. The molecule has 2 aromatic rings. The molecule has 0 saturated heterocycles. The second-order valence-corrected chi connectivity index (χ2v) is 3.71. The van der Waals surface area contributed by atoms with E-state index in [1.54, 1.807) is 7.11 Å². The van der Waals surface area contributed by atoms with Gasteiger partial charge in [-0.05, 0) is 13.0 Å². The molecule has 1 aromatic carbocycles. The van der Waals surface area contributed by atoms with Crippen LogP contribution in [0.5, 0.6) is 5.75 Å². The van der Waals surface area contributed by atoms with Gasteiger partial charge < -0.3 is 20.0 Å². The number of rotatable bonds is 3. The largest absolute Gasteiger partial charge is 0.492 e. The maximum Gasteiger partial charge on any atom is 0.176 e. The number of fused-ring (bicyclic) bond motifs is 1. The summed E-state index contributed by atoms with van der Waals surface area (Å²) in [6.45, 7) is 2.03. The molecule has 0 spiro atoms. The molecule has 0 amide bonds. The molecule has 0 bridgehead atoms. The van der Waals surface area contributed by atoms with Gasteiger partial charge in [-0.2, -0.15) is 0 Å². The highest BCUT2D eigenvalue weighted by molar-refractivity contribution is 5.85. The summed E-state index contributed by atoms with van der Waals surface area (Å²) in [5.74, 6) is 1.37. The first-order chi connectivity index (χ1) is 7.67. The van der Waals surface area contributed by atoms with Crippen LogP contribution >= 0.6 is 0 Å². The Morgan fingerprint density at radius 1 is 1.50 bits per heavy atom. The Morgan fingerprint density at radius 2 is 2.25 bits per heavy atom. The summed E-state index contributed by atoms with van der Waals surface area (Å²) in [4.78, 5) is 0. The van der Waals surface area contributed by atoms with Gasteiger partial charge in [0.25, 0.3) is 0 Å². The molecule has 1 atom stereocenters. The van der Waals surface area contributed by atoms with Crippen LogP contribution in [0.2, 0.25) is 0 Å². The van der Waals surface area contributed by atoms with Crippen LogP contribution in [-0.2, 0) is 0 Å². The van der Waals surface area contributed by atoms with Crippen LogP contribution in [0.1, 0.15) is 17.4 Å². The molecular weight excluding hydrogens is 206 g/mol. The lowest BCUT2D eigenvalue weighted by molar-refractivity contribution is 0.182. The van der Waals surface area contributed by atoms with Crippen molar-refractivity contribution in [3.05, 3.63) is 29.5 Å². The summed E-state index contributed by atoms with van der Waals surface area (Å²) in [5, 5.41) is 10.7. The molecule has 4 heteroatoms. The van der Waals surface area contributed by atoms with Crippen molar-refractivity contribution >= 4 is 11.0 Å². The standard InChI is InChI=1S/C12H15NO3/c1-7-5-8-3-4-9(10(14)6-13)12(15-2)11(8)16-7/h3-5,10,14H,6,13H2,1-2H3. The molecule has 16 heavy (non-hydrogen) atoms. The lowest BCUT2D eigenvalue weighted by atomic mass is 10.1. The van der Waals surface area contributed by atoms with Crippen LogP contribution in [0.25, 0.3) is 11.0 Å². The minimum Gasteiger partial charge on any atom is -0.492 e. The summed E-state index contributed by atoms with van der Waals surface area (Å²) < 4.78 is 10.8. The van der Waals surface area contributed by atoms with Crippen LogP contribution in [-0.4, -0.2) is 18.8 Å². The van der Waals surface area contributed by atoms with Crippen molar-refractivity contribution in [2.75, 3.05) is 13.7 Å². The second kappa shape index (κ2) is 4.15. The van der Waals surface area contributed by atoms with Gasteiger partial charge in [0, 0.05) is 17.5 Å². The summed E-state index contributed by atoms with van der Waals surface area (Å²) in [6.07, 6.45) is -0.732. The highest BCUT2D eigenvalue weighted by Crippen LogP contribution is 2.34. The van der Waals surface area contributed by atoms with Crippen molar-refractivity contribution < 1.29 is 14.3 Å². The zero-order chi connectivity index (χ0) is 11.7. The van der Waals surface area contributed by atoms with E-state index >= 15 is 0 Å². The van der Waals surface area contributed by atoms with Crippen LogP contribution in [0.15, 0.2) is 22.6 Å². The Labute approximate surface area is 93.6 Å². The van der Waals surface area contributed by atoms with E-state index in [4.69, 9.17) is 14.9 Å². The molecule has 0 saturated carbocycles. The Bertz CT molecular complexity index is 504. The summed E-state index contributed by atoms with van der Waals surface area (Å²) in [5.41, 5.74) is 6.76. The van der Waals surface area contributed by atoms with Gasteiger partial charge in [0.1, 0.15) is 5.76 Å². The fraction of sp³-hybridized carbons (Fsp3) is 0.333. The van der Waals surface area contributed by atoms with Gasteiger partial charge in [-0.3, -0.25) is 0 Å². The monoisotopic (exact) mass is 221 g/mol. The van der Waals surface area contributed by atoms with Gasteiger partial charge in [0.15, 0.2) is 11.3 Å². The quantitative estimate of drug-likeness (QED) is 0.828. The van der Waals surface area contributed by atoms with Gasteiger partial charge in [-0.25, -0.2) is 0 Å². The molecule has 0 aliphatic carbocycles. The van der Waals surface area contributed by atoms with Gasteiger partial charge in [-0.1, -0.05) is 12.1 Å². The van der Waals surface area contributed by atoms with Gasteiger partial charge in [0.05, 0.1) is 13.2 Å². The van der Waals surface area contributed by atoms with E-state index in [-0.39, 0.29) is 6.54 Å². The number of ether oxygens (including phenoxy) is 1. The van der Waals surface area contributed by atoms with Crippen LogP contribution in [0.3, 0.4) is 0 Å². The lowest BCUT2D eigenvalue weighted by Gasteiger charge is -2.12. The van der Waals surface area contributed by atoms with Crippen molar-refractivity contribution in [1.29, 1.82) is 0 Å². The minimum atomic E-state index is -0.732. The summed E-state index contributed by atoms with van der Waals surface area (Å²) in [7, 11) is 1.55. The van der Waals surface area contributed by atoms with Crippen molar-refractivity contribution in [1.82, 2.24) is 0 Å². The smallest absolute Gasteiger partial charge is 0.176 e. The maximum atomic E-state index is 9.76. The van der Waals surface area contributed by atoms with E-state index in [0.29, 0.717) is 16.9 Å². The fourth-order valence-corrected chi connectivity index (χ4v) is 1.82. The van der Waals surface area contributed by atoms with Crippen LogP contribution < -0.4 is 10.5 Å². The zero-order valence-electron chi connectivity index (χ0n) is 9.36. The first-order valence-corrected chi connectivity index (χ1v) is 5.12.